The van der Waals surface area contributed by atoms with Gasteiger partial charge in [-0.15, -0.1) is 11.3 Å². The van der Waals surface area contributed by atoms with Crippen molar-refractivity contribution in [3.05, 3.63) is 74.6 Å². The highest BCUT2D eigenvalue weighted by Gasteiger charge is 2.28. The number of anilines is 2. The Bertz CT molecular complexity index is 1380. The number of ether oxygens (including phenoxy) is 1. The van der Waals surface area contributed by atoms with E-state index in [1.165, 1.54) is 36.6 Å². The van der Waals surface area contributed by atoms with Crippen molar-refractivity contribution in [1.82, 2.24) is 0 Å². The number of sulfonamides is 1. The molecule has 3 aromatic rings. The van der Waals surface area contributed by atoms with E-state index in [1.54, 1.807) is 31.2 Å². The Morgan fingerprint density at radius 1 is 1.09 bits per heavy atom. The van der Waals surface area contributed by atoms with Crippen LogP contribution in [0.1, 0.15) is 49.6 Å². The Balaban J connectivity index is 1.65. The molecule has 0 aliphatic heterocycles. The topological polar surface area (TPSA) is 102 Å². The molecule has 1 aliphatic rings. The molecule has 0 atom stereocenters. The molecule has 0 fully saturated rings. The van der Waals surface area contributed by atoms with Crippen LogP contribution in [0.15, 0.2) is 47.4 Å². The van der Waals surface area contributed by atoms with Gasteiger partial charge in [-0.1, -0.05) is 29.8 Å². The van der Waals surface area contributed by atoms with Crippen molar-refractivity contribution in [1.29, 1.82) is 0 Å². The van der Waals surface area contributed by atoms with E-state index >= 15 is 0 Å². The zero-order valence-electron chi connectivity index (χ0n) is 18.6. The summed E-state index contributed by atoms with van der Waals surface area (Å²) < 4.78 is 33.5. The number of halogens is 1. The highest BCUT2D eigenvalue weighted by Crippen LogP contribution is 2.39. The maximum absolute atomic E-state index is 13.1. The Kier molecular flexibility index (Phi) is 6.97. The number of methoxy groups -OCH3 is 1. The van der Waals surface area contributed by atoms with Crippen molar-refractivity contribution in [3.63, 3.8) is 0 Å². The fourth-order valence-electron chi connectivity index (χ4n) is 3.88. The van der Waals surface area contributed by atoms with Crippen LogP contribution in [-0.2, 0) is 27.6 Å². The minimum Gasteiger partial charge on any atom is -0.465 e. The summed E-state index contributed by atoms with van der Waals surface area (Å²) in [6.07, 6.45) is 3.58. The molecule has 1 aliphatic carbocycles. The summed E-state index contributed by atoms with van der Waals surface area (Å²) in [5, 5.41) is 3.17. The van der Waals surface area contributed by atoms with Gasteiger partial charge in [-0.05, 0) is 68.0 Å². The van der Waals surface area contributed by atoms with Gasteiger partial charge in [0.1, 0.15) is 9.90 Å². The Labute approximate surface area is 207 Å². The normalized spacial score (nSPS) is 13.1. The Hall–Kier alpha value is -2.88. The summed E-state index contributed by atoms with van der Waals surface area (Å²) in [5.41, 5.74) is 2.55. The number of benzene rings is 2. The lowest BCUT2D eigenvalue weighted by Crippen LogP contribution is -2.17. The maximum Gasteiger partial charge on any atom is 0.341 e. The molecular weight excluding hydrogens is 496 g/mol. The van der Waals surface area contributed by atoms with E-state index in [1.807, 2.05) is 0 Å². The summed E-state index contributed by atoms with van der Waals surface area (Å²) in [6.45, 7) is 1.78. The van der Waals surface area contributed by atoms with Crippen LogP contribution < -0.4 is 10.0 Å². The molecule has 0 radical (unpaired) electrons. The Morgan fingerprint density at radius 2 is 1.82 bits per heavy atom. The minimum atomic E-state index is -4.06. The van der Waals surface area contributed by atoms with Crippen molar-refractivity contribution in [2.24, 2.45) is 0 Å². The molecule has 1 amide bonds. The first kappa shape index (κ1) is 24.3. The number of nitrogens with one attached hydrogen (secondary N) is 2. The smallest absolute Gasteiger partial charge is 0.341 e. The molecule has 10 heteroatoms. The van der Waals surface area contributed by atoms with Gasteiger partial charge in [-0.3, -0.25) is 9.52 Å². The number of amides is 1. The summed E-state index contributed by atoms with van der Waals surface area (Å²) in [4.78, 5) is 26.4. The van der Waals surface area contributed by atoms with Crippen molar-refractivity contribution in [3.8, 4) is 0 Å². The summed E-state index contributed by atoms with van der Waals surface area (Å²) in [7, 11) is -2.75. The standard InChI is InChI=1S/C24H23ClN2O5S2/c1-14-7-3-5-9-18(14)27-34(30,31)20-13-15(11-12-17(20)25)22(28)26-23-21(24(29)32-2)16-8-4-6-10-19(16)33-23/h3,5,7,9,11-13,27H,4,6,8,10H2,1-2H3,(H,26,28). The number of thiophene rings is 1. The van der Waals surface area contributed by atoms with E-state index in [9.17, 15) is 18.0 Å². The summed E-state index contributed by atoms with van der Waals surface area (Å²) >= 11 is 7.55. The van der Waals surface area contributed by atoms with Crippen LogP contribution in [0, 0.1) is 6.92 Å². The van der Waals surface area contributed by atoms with Gasteiger partial charge in [0.25, 0.3) is 15.9 Å². The lowest BCUT2D eigenvalue weighted by molar-refractivity contribution is 0.0601. The third-order valence-corrected chi connectivity index (χ3v) is 8.71. The van der Waals surface area contributed by atoms with Gasteiger partial charge < -0.3 is 10.1 Å². The molecule has 0 saturated carbocycles. The molecule has 0 unspecified atom stereocenters. The van der Waals surface area contributed by atoms with Gasteiger partial charge >= 0.3 is 5.97 Å². The van der Waals surface area contributed by atoms with Gasteiger partial charge in [0.2, 0.25) is 0 Å². The van der Waals surface area contributed by atoms with E-state index in [-0.39, 0.29) is 15.5 Å². The fraction of sp³-hybridized carbons (Fsp3) is 0.250. The molecule has 0 bridgehead atoms. The first-order valence-electron chi connectivity index (χ1n) is 10.6. The molecule has 1 aromatic heterocycles. The third kappa shape index (κ3) is 4.82. The average molecular weight is 519 g/mol. The zero-order valence-corrected chi connectivity index (χ0v) is 21.0. The van der Waals surface area contributed by atoms with Crippen LogP contribution in [0.2, 0.25) is 5.02 Å². The van der Waals surface area contributed by atoms with Crippen LogP contribution in [-0.4, -0.2) is 27.4 Å². The van der Waals surface area contributed by atoms with Crippen LogP contribution in [0.4, 0.5) is 10.7 Å². The second-order valence-corrected chi connectivity index (χ2v) is 11.1. The van der Waals surface area contributed by atoms with Gasteiger partial charge in [0, 0.05) is 10.4 Å². The number of hydrogen-bond acceptors (Lipinski definition) is 6. The van der Waals surface area contributed by atoms with Gasteiger partial charge in [0.05, 0.1) is 23.4 Å². The highest BCUT2D eigenvalue weighted by molar-refractivity contribution is 7.92. The van der Waals surface area contributed by atoms with Crippen molar-refractivity contribution in [2.75, 3.05) is 17.1 Å². The number of esters is 1. The largest absolute Gasteiger partial charge is 0.465 e. The lowest BCUT2D eigenvalue weighted by atomic mass is 9.95. The molecule has 34 heavy (non-hydrogen) atoms. The quantitative estimate of drug-likeness (QED) is 0.424. The third-order valence-electron chi connectivity index (χ3n) is 5.66. The molecular formula is C24H23ClN2O5S2. The molecule has 0 saturated heterocycles. The molecule has 4 rings (SSSR count). The average Bonchev–Trinajstić information content (AvgIpc) is 3.17. The molecule has 0 spiro atoms. The van der Waals surface area contributed by atoms with Crippen molar-refractivity contribution < 1.29 is 22.7 Å². The Morgan fingerprint density at radius 3 is 2.56 bits per heavy atom. The predicted octanol–water partition coefficient (Wildman–Crippen LogP) is 5.43. The number of carbonyl (C=O) groups excluding carboxylic acids is 2. The molecule has 1 heterocycles. The minimum absolute atomic E-state index is 0.0144. The van der Waals surface area contributed by atoms with Crippen LogP contribution in [0.3, 0.4) is 0 Å². The monoisotopic (exact) mass is 518 g/mol. The number of rotatable bonds is 6. The van der Waals surface area contributed by atoms with Gasteiger partial charge in [-0.2, -0.15) is 0 Å². The van der Waals surface area contributed by atoms with E-state index < -0.39 is 21.9 Å². The van der Waals surface area contributed by atoms with E-state index in [4.69, 9.17) is 16.3 Å². The number of para-hydroxylation sites is 1. The summed E-state index contributed by atoms with van der Waals surface area (Å²) in [5.74, 6) is -1.05. The highest BCUT2D eigenvalue weighted by atomic mass is 35.5. The van der Waals surface area contributed by atoms with Gasteiger partial charge in [0.15, 0.2) is 0 Å². The van der Waals surface area contributed by atoms with Crippen LogP contribution in [0.25, 0.3) is 0 Å². The second-order valence-electron chi connectivity index (χ2n) is 7.93. The lowest BCUT2D eigenvalue weighted by Gasteiger charge is -2.13. The van der Waals surface area contributed by atoms with Crippen LogP contribution >= 0.6 is 22.9 Å². The SMILES string of the molecule is COC(=O)c1c(NC(=O)c2ccc(Cl)c(S(=O)(=O)Nc3ccccc3C)c2)sc2c1CCCC2. The van der Waals surface area contributed by atoms with Gasteiger partial charge in [-0.25, -0.2) is 13.2 Å². The predicted molar refractivity (Wildman–Crippen MR) is 134 cm³/mol. The number of aryl methyl sites for hydroxylation is 2. The van der Waals surface area contributed by atoms with Crippen molar-refractivity contribution >= 4 is 55.5 Å². The van der Waals surface area contributed by atoms with E-state index in [2.05, 4.69) is 10.0 Å². The van der Waals surface area contributed by atoms with E-state index in [0.29, 0.717) is 16.3 Å². The number of fused-ring (bicyclic) bond motifs is 1. The second kappa shape index (κ2) is 9.77. The first-order valence-corrected chi connectivity index (χ1v) is 13.3. The van der Waals surface area contributed by atoms with Crippen LogP contribution in [0.5, 0.6) is 0 Å². The molecule has 178 valence electrons. The van der Waals surface area contributed by atoms with Crippen molar-refractivity contribution in [2.45, 2.75) is 37.5 Å². The summed E-state index contributed by atoms with van der Waals surface area (Å²) in [6, 6.07) is 11.0. The fourth-order valence-corrected chi connectivity index (χ4v) is 6.81. The zero-order chi connectivity index (χ0) is 24.5. The molecule has 2 aromatic carbocycles. The number of hydrogen-bond donors (Lipinski definition) is 2. The molecule has 7 nitrogen and oxygen atoms in total. The first-order chi connectivity index (χ1) is 16.2. The maximum atomic E-state index is 13.1. The number of carbonyl (C=O) groups is 2. The molecule has 2 N–H and O–H groups in total. The van der Waals surface area contributed by atoms with E-state index in [0.717, 1.165) is 41.7 Å².